The van der Waals surface area contributed by atoms with Gasteiger partial charge in [-0.1, -0.05) is 6.92 Å². The smallest absolute Gasteiger partial charge is 0.242 e. The van der Waals surface area contributed by atoms with Crippen molar-refractivity contribution < 1.29 is 4.79 Å². The highest BCUT2D eigenvalue weighted by molar-refractivity contribution is 5.85. The van der Waals surface area contributed by atoms with E-state index in [1.54, 1.807) is 6.07 Å². The number of nitrogen functional groups attached to an aromatic ring is 1. The third-order valence-electron chi connectivity index (χ3n) is 3.00. The monoisotopic (exact) mass is 264 g/mol. The van der Waals surface area contributed by atoms with E-state index < -0.39 is 0 Å². The number of nitrogens with two attached hydrogens (primary N) is 1. The summed E-state index contributed by atoms with van der Waals surface area (Å²) in [5.41, 5.74) is 2.52. The summed E-state index contributed by atoms with van der Waals surface area (Å²) in [7, 11) is 0. The standard InChI is InChI=1S/C12H20N6O/c1-2-4-9-16-10(7-11(17-9)18-13)15-8-5-3-6-14-12(8)19/h7-8H,2-6,13H2,1H3,(H,14,19)(H2,15,16,17,18). The second-order valence-electron chi connectivity index (χ2n) is 4.58. The Kier molecular flexibility index (Phi) is 4.51. The van der Waals surface area contributed by atoms with Crippen molar-refractivity contribution in [3.8, 4) is 0 Å². The van der Waals surface area contributed by atoms with Gasteiger partial charge in [0.05, 0.1) is 0 Å². The van der Waals surface area contributed by atoms with E-state index >= 15 is 0 Å². The highest BCUT2D eigenvalue weighted by Crippen LogP contribution is 2.15. The molecule has 1 saturated heterocycles. The molecule has 1 amide bonds. The van der Waals surface area contributed by atoms with Crippen LogP contribution < -0.4 is 21.9 Å². The number of anilines is 2. The largest absolute Gasteiger partial charge is 0.358 e. The molecule has 1 fully saturated rings. The predicted octanol–water partition coefficient (Wildman–Crippen LogP) is 0.405. The van der Waals surface area contributed by atoms with E-state index in [0.29, 0.717) is 11.6 Å². The highest BCUT2D eigenvalue weighted by Gasteiger charge is 2.22. The SMILES string of the molecule is CCCc1nc(NN)cc(NC2CCCNC2=O)n1. The van der Waals surface area contributed by atoms with Gasteiger partial charge in [0.25, 0.3) is 0 Å². The van der Waals surface area contributed by atoms with E-state index in [1.165, 1.54) is 0 Å². The fraction of sp³-hybridized carbons (Fsp3) is 0.583. The van der Waals surface area contributed by atoms with Crippen molar-refractivity contribution >= 4 is 17.5 Å². The Labute approximate surface area is 112 Å². The fourth-order valence-corrected chi connectivity index (χ4v) is 2.07. The first-order chi connectivity index (χ1) is 9.22. The molecule has 19 heavy (non-hydrogen) atoms. The Morgan fingerprint density at radius 1 is 1.47 bits per heavy atom. The fourth-order valence-electron chi connectivity index (χ4n) is 2.07. The van der Waals surface area contributed by atoms with Gasteiger partial charge in [0.15, 0.2) is 0 Å². The number of carbonyl (C=O) groups excluding carboxylic acids is 1. The van der Waals surface area contributed by atoms with Crippen LogP contribution >= 0.6 is 0 Å². The second-order valence-corrected chi connectivity index (χ2v) is 4.58. The normalized spacial score (nSPS) is 18.8. The summed E-state index contributed by atoms with van der Waals surface area (Å²) in [6, 6.07) is 1.48. The first kappa shape index (κ1) is 13.5. The minimum absolute atomic E-state index is 0.0177. The topological polar surface area (TPSA) is 105 Å². The molecule has 0 aliphatic carbocycles. The van der Waals surface area contributed by atoms with Crippen LogP contribution in [-0.2, 0) is 11.2 Å². The number of aromatic nitrogens is 2. The average molecular weight is 264 g/mol. The van der Waals surface area contributed by atoms with E-state index in [0.717, 1.165) is 38.1 Å². The summed E-state index contributed by atoms with van der Waals surface area (Å²) >= 11 is 0. The minimum Gasteiger partial charge on any atom is -0.358 e. The van der Waals surface area contributed by atoms with E-state index in [-0.39, 0.29) is 11.9 Å². The molecule has 1 aromatic rings. The van der Waals surface area contributed by atoms with Crippen LogP contribution in [0.3, 0.4) is 0 Å². The molecule has 0 saturated carbocycles. The third-order valence-corrected chi connectivity index (χ3v) is 3.00. The van der Waals surface area contributed by atoms with Gasteiger partial charge in [0.2, 0.25) is 5.91 Å². The van der Waals surface area contributed by atoms with Gasteiger partial charge in [-0.15, -0.1) is 0 Å². The van der Waals surface area contributed by atoms with Crippen LogP contribution in [0.1, 0.15) is 32.0 Å². The molecular formula is C12H20N6O. The zero-order valence-corrected chi connectivity index (χ0v) is 11.1. The first-order valence-electron chi connectivity index (χ1n) is 6.61. The number of piperidine rings is 1. The number of hydrogen-bond acceptors (Lipinski definition) is 6. The van der Waals surface area contributed by atoms with Crippen molar-refractivity contribution in [1.82, 2.24) is 15.3 Å². The molecule has 104 valence electrons. The van der Waals surface area contributed by atoms with Crippen LogP contribution in [0.15, 0.2) is 6.07 Å². The van der Waals surface area contributed by atoms with Crippen molar-refractivity contribution in [1.29, 1.82) is 0 Å². The van der Waals surface area contributed by atoms with Crippen LogP contribution in [0.5, 0.6) is 0 Å². The zero-order valence-electron chi connectivity index (χ0n) is 11.1. The number of hydrazine groups is 1. The van der Waals surface area contributed by atoms with E-state index in [1.807, 2.05) is 0 Å². The summed E-state index contributed by atoms with van der Waals surface area (Å²) in [4.78, 5) is 20.4. The second kappa shape index (κ2) is 6.33. The summed E-state index contributed by atoms with van der Waals surface area (Å²) in [6.45, 7) is 2.81. The Morgan fingerprint density at radius 2 is 2.26 bits per heavy atom. The van der Waals surface area contributed by atoms with E-state index in [9.17, 15) is 4.79 Å². The lowest BCUT2D eigenvalue weighted by molar-refractivity contribution is -0.123. The number of aryl methyl sites for hydroxylation is 1. The molecule has 1 aromatic heterocycles. The molecule has 7 nitrogen and oxygen atoms in total. The molecule has 1 aliphatic heterocycles. The molecule has 1 aliphatic rings. The van der Waals surface area contributed by atoms with Gasteiger partial charge >= 0.3 is 0 Å². The average Bonchev–Trinajstić information content (AvgIpc) is 2.41. The Balaban J connectivity index is 2.13. The van der Waals surface area contributed by atoms with Crippen LogP contribution in [0.25, 0.3) is 0 Å². The molecule has 0 bridgehead atoms. The summed E-state index contributed by atoms with van der Waals surface area (Å²) in [6.07, 6.45) is 3.51. The van der Waals surface area contributed by atoms with Crippen molar-refractivity contribution in [2.45, 2.75) is 38.6 Å². The van der Waals surface area contributed by atoms with Gasteiger partial charge in [-0.05, 0) is 19.3 Å². The molecule has 0 radical (unpaired) electrons. The molecular weight excluding hydrogens is 244 g/mol. The molecule has 1 unspecified atom stereocenters. The molecule has 0 aromatic carbocycles. The zero-order chi connectivity index (χ0) is 13.7. The summed E-state index contributed by atoms with van der Waals surface area (Å²) in [5.74, 6) is 7.32. The van der Waals surface area contributed by atoms with E-state index in [2.05, 4.69) is 33.0 Å². The molecule has 2 heterocycles. The Bertz CT molecular complexity index is 450. The van der Waals surface area contributed by atoms with Gasteiger partial charge in [-0.25, -0.2) is 15.8 Å². The van der Waals surface area contributed by atoms with Crippen molar-refractivity contribution in [3.63, 3.8) is 0 Å². The van der Waals surface area contributed by atoms with Crippen LogP contribution in [0.4, 0.5) is 11.6 Å². The highest BCUT2D eigenvalue weighted by atomic mass is 16.2. The van der Waals surface area contributed by atoms with Crippen molar-refractivity contribution in [2.24, 2.45) is 5.84 Å². The number of rotatable bonds is 5. The number of carbonyl (C=O) groups is 1. The number of nitrogens with one attached hydrogen (secondary N) is 3. The number of amides is 1. The lowest BCUT2D eigenvalue weighted by atomic mass is 10.1. The predicted molar refractivity (Wildman–Crippen MR) is 73.5 cm³/mol. The quantitative estimate of drug-likeness (QED) is 0.453. The molecule has 5 N–H and O–H groups in total. The maximum atomic E-state index is 11.7. The molecule has 7 heteroatoms. The van der Waals surface area contributed by atoms with Gasteiger partial charge in [0, 0.05) is 19.0 Å². The minimum atomic E-state index is -0.233. The lowest BCUT2D eigenvalue weighted by Crippen LogP contribution is -2.44. The first-order valence-corrected chi connectivity index (χ1v) is 6.61. The number of nitrogens with zero attached hydrogens (tertiary/aromatic N) is 2. The Morgan fingerprint density at radius 3 is 2.95 bits per heavy atom. The van der Waals surface area contributed by atoms with Crippen LogP contribution in [0, 0.1) is 0 Å². The maximum absolute atomic E-state index is 11.7. The lowest BCUT2D eigenvalue weighted by Gasteiger charge is -2.23. The van der Waals surface area contributed by atoms with Crippen molar-refractivity contribution in [2.75, 3.05) is 17.3 Å². The molecule has 1 atom stereocenters. The van der Waals surface area contributed by atoms with Crippen LogP contribution in [-0.4, -0.2) is 28.5 Å². The van der Waals surface area contributed by atoms with Crippen LogP contribution in [0.2, 0.25) is 0 Å². The number of hydrogen-bond donors (Lipinski definition) is 4. The van der Waals surface area contributed by atoms with Gasteiger partial charge in [-0.3, -0.25) is 4.79 Å². The van der Waals surface area contributed by atoms with Gasteiger partial charge in [-0.2, -0.15) is 0 Å². The Hall–Kier alpha value is -1.89. The van der Waals surface area contributed by atoms with E-state index in [4.69, 9.17) is 5.84 Å². The van der Waals surface area contributed by atoms with Gasteiger partial charge < -0.3 is 16.1 Å². The third kappa shape index (κ3) is 3.54. The molecule has 0 spiro atoms. The molecule has 2 rings (SSSR count). The maximum Gasteiger partial charge on any atom is 0.242 e. The summed E-state index contributed by atoms with van der Waals surface area (Å²) < 4.78 is 0. The van der Waals surface area contributed by atoms with Crippen molar-refractivity contribution in [3.05, 3.63) is 11.9 Å². The summed E-state index contributed by atoms with van der Waals surface area (Å²) in [5, 5.41) is 5.98. The van der Waals surface area contributed by atoms with Gasteiger partial charge in [0.1, 0.15) is 23.5 Å².